The number of rotatable bonds is 8. The number of amides is 1. The number of carbonyl (C=O) groups is 1. The Morgan fingerprint density at radius 3 is 2.56 bits per heavy atom. The summed E-state index contributed by atoms with van der Waals surface area (Å²) < 4.78 is 32.0. The molecule has 152 valence electrons. The third-order valence-corrected chi connectivity index (χ3v) is 6.44. The van der Waals surface area contributed by atoms with E-state index in [2.05, 4.69) is 16.7 Å². The van der Waals surface area contributed by atoms with E-state index in [9.17, 15) is 13.2 Å². The van der Waals surface area contributed by atoms with E-state index in [1.807, 2.05) is 0 Å². The zero-order valence-corrected chi connectivity index (χ0v) is 17.6. The van der Waals surface area contributed by atoms with Crippen molar-refractivity contribution in [1.82, 2.24) is 14.9 Å². The van der Waals surface area contributed by atoms with Crippen LogP contribution in [0.3, 0.4) is 0 Å². The standard InChI is InChI=1S/C18H27N3O4S.ClH/c1-4-21(5-2)26(23,24)15-6-7-17(25-3)16(12-15)18(22)20-13-14-8-10-19-11-9-14;/h6-8,12,19H,4-5,9-11,13H2,1-3H3,(H,20,22);1H. The summed E-state index contributed by atoms with van der Waals surface area (Å²) >= 11 is 0. The number of nitrogens with zero attached hydrogens (tertiary/aromatic N) is 1. The first-order valence-electron chi connectivity index (χ1n) is 8.79. The van der Waals surface area contributed by atoms with Gasteiger partial charge in [-0.25, -0.2) is 8.42 Å². The van der Waals surface area contributed by atoms with E-state index < -0.39 is 10.0 Å². The fourth-order valence-electron chi connectivity index (χ4n) is 2.86. The molecular formula is C18H28ClN3O4S. The first kappa shape index (κ1) is 23.4. The average molecular weight is 418 g/mol. The van der Waals surface area contributed by atoms with Crippen LogP contribution in [0.15, 0.2) is 34.7 Å². The lowest BCUT2D eigenvalue weighted by Gasteiger charge is -2.19. The monoisotopic (exact) mass is 417 g/mol. The summed E-state index contributed by atoms with van der Waals surface area (Å²) in [6.07, 6.45) is 2.94. The van der Waals surface area contributed by atoms with Crippen LogP contribution >= 0.6 is 12.4 Å². The predicted octanol–water partition coefficient (Wildman–Crippen LogP) is 1.80. The molecule has 1 amide bonds. The Bertz CT molecular complexity index is 777. The van der Waals surface area contributed by atoms with Crippen LogP contribution in [0.4, 0.5) is 0 Å². The van der Waals surface area contributed by atoms with Crippen LogP contribution in [-0.2, 0) is 10.0 Å². The zero-order valence-electron chi connectivity index (χ0n) is 15.9. The van der Waals surface area contributed by atoms with Gasteiger partial charge in [0.15, 0.2) is 0 Å². The molecule has 1 aliphatic rings. The summed E-state index contributed by atoms with van der Waals surface area (Å²) in [5.74, 6) is -0.00170. The molecule has 2 rings (SSSR count). The van der Waals surface area contributed by atoms with Gasteiger partial charge in [-0.1, -0.05) is 25.5 Å². The lowest BCUT2D eigenvalue weighted by molar-refractivity contribution is 0.0953. The molecule has 0 aliphatic carbocycles. The van der Waals surface area contributed by atoms with Crippen LogP contribution in [0, 0.1) is 0 Å². The van der Waals surface area contributed by atoms with Crippen molar-refractivity contribution in [2.75, 3.05) is 39.8 Å². The molecule has 0 saturated heterocycles. The van der Waals surface area contributed by atoms with Gasteiger partial charge in [0, 0.05) is 26.2 Å². The highest BCUT2D eigenvalue weighted by molar-refractivity contribution is 7.89. The molecule has 0 fully saturated rings. The highest BCUT2D eigenvalue weighted by Gasteiger charge is 2.24. The Morgan fingerprint density at radius 1 is 1.30 bits per heavy atom. The normalized spacial score (nSPS) is 14.3. The average Bonchev–Trinajstić information content (AvgIpc) is 2.67. The van der Waals surface area contributed by atoms with E-state index in [4.69, 9.17) is 4.74 Å². The van der Waals surface area contributed by atoms with Crippen molar-refractivity contribution in [1.29, 1.82) is 0 Å². The van der Waals surface area contributed by atoms with Crippen LogP contribution in [0.25, 0.3) is 0 Å². The Morgan fingerprint density at radius 2 is 2.00 bits per heavy atom. The Kier molecular flexibility index (Phi) is 9.25. The van der Waals surface area contributed by atoms with Gasteiger partial charge in [-0.2, -0.15) is 4.31 Å². The number of hydrogen-bond donors (Lipinski definition) is 2. The van der Waals surface area contributed by atoms with Crippen molar-refractivity contribution in [2.45, 2.75) is 25.2 Å². The molecule has 0 unspecified atom stereocenters. The van der Waals surface area contributed by atoms with Crippen LogP contribution in [0.1, 0.15) is 30.6 Å². The third kappa shape index (κ3) is 5.68. The van der Waals surface area contributed by atoms with Crippen molar-refractivity contribution in [2.24, 2.45) is 0 Å². The van der Waals surface area contributed by atoms with E-state index in [1.165, 1.54) is 29.6 Å². The van der Waals surface area contributed by atoms with Gasteiger partial charge in [0.05, 0.1) is 17.6 Å². The molecule has 1 aliphatic heterocycles. The van der Waals surface area contributed by atoms with Gasteiger partial charge in [-0.3, -0.25) is 4.79 Å². The summed E-state index contributed by atoms with van der Waals surface area (Å²) in [6, 6.07) is 4.38. The Hall–Kier alpha value is -1.61. The van der Waals surface area contributed by atoms with E-state index in [-0.39, 0.29) is 28.8 Å². The molecular weight excluding hydrogens is 390 g/mol. The summed E-state index contributed by atoms with van der Waals surface area (Å²) in [6.45, 7) is 6.44. The molecule has 1 aromatic rings. The Labute approximate surface area is 167 Å². The van der Waals surface area contributed by atoms with Crippen molar-refractivity contribution < 1.29 is 17.9 Å². The maximum atomic E-state index is 12.7. The highest BCUT2D eigenvalue weighted by atomic mass is 35.5. The van der Waals surface area contributed by atoms with Crippen molar-refractivity contribution in [3.63, 3.8) is 0 Å². The lowest BCUT2D eigenvalue weighted by Crippen LogP contribution is -2.32. The van der Waals surface area contributed by atoms with Gasteiger partial charge in [-0.05, 0) is 31.2 Å². The van der Waals surface area contributed by atoms with Gasteiger partial charge in [0.25, 0.3) is 5.91 Å². The molecule has 1 heterocycles. The van der Waals surface area contributed by atoms with Gasteiger partial charge in [0.2, 0.25) is 10.0 Å². The number of carbonyl (C=O) groups excluding carboxylic acids is 1. The maximum Gasteiger partial charge on any atom is 0.255 e. The smallest absolute Gasteiger partial charge is 0.255 e. The van der Waals surface area contributed by atoms with E-state index in [0.717, 1.165) is 25.1 Å². The number of nitrogens with one attached hydrogen (secondary N) is 2. The minimum absolute atomic E-state index is 0. The first-order chi connectivity index (χ1) is 12.4. The molecule has 7 nitrogen and oxygen atoms in total. The van der Waals surface area contributed by atoms with E-state index >= 15 is 0 Å². The van der Waals surface area contributed by atoms with Crippen LogP contribution in [0.5, 0.6) is 5.75 Å². The Balaban J connectivity index is 0.00000364. The molecule has 27 heavy (non-hydrogen) atoms. The number of sulfonamides is 1. The number of methoxy groups -OCH3 is 1. The second-order valence-corrected chi connectivity index (χ2v) is 7.89. The minimum Gasteiger partial charge on any atom is -0.496 e. The number of halogens is 1. The molecule has 1 aromatic carbocycles. The SMILES string of the molecule is CCN(CC)S(=O)(=O)c1ccc(OC)c(C(=O)NCC2=CCNCC2)c1.Cl. The number of benzene rings is 1. The molecule has 2 N–H and O–H groups in total. The van der Waals surface area contributed by atoms with Crippen LogP contribution in [-0.4, -0.2) is 58.5 Å². The number of ether oxygens (including phenoxy) is 1. The lowest BCUT2D eigenvalue weighted by atomic mass is 10.1. The molecule has 0 atom stereocenters. The van der Waals surface area contributed by atoms with Crippen molar-refractivity contribution in [3.8, 4) is 5.75 Å². The highest BCUT2D eigenvalue weighted by Crippen LogP contribution is 2.24. The number of hydrogen-bond acceptors (Lipinski definition) is 5. The summed E-state index contributed by atoms with van der Waals surface area (Å²) in [4.78, 5) is 12.7. The molecule has 0 aromatic heterocycles. The topological polar surface area (TPSA) is 87.7 Å². The first-order valence-corrected chi connectivity index (χ1v) is 10.2. The van der Waals surface area contributed by atoms with Gasteiger partial charge < -0.3 is 15.4 Å². The third-order valence-electron chi connectivity index (χ3n) is 4.39. The van der Waals surface area contributed by atoms with Crippen LogP contribution < -0.4 is 15.4 Å². The molecule has 0 spiro atoms. The molecule has 0 radical (unpaired) electrons. The fourth-order valence-corrected chi connectivity index (χ4v) is 4.34. The largest absolute Gasteiger partial charge is 0.496 e. The van der Waals surface area contributed by atoms with E-state index in [0.29, 0.717) is 25.4 Å². The van der Waals surface area contributed by atoms with E-state index in [1.54, 1.807) is 13.8 Å². The molecule has 0 bridgehead atoms. The summed E-state index contributed by atoms with van der Waals surface area (Å²) in [5.41, 5.74) is 1.37. The minimum atomic E-state index is -3.64. The summed E-state index contributed by atoms with van der Waals surface area (Å²) in [7, 11) is -2.18. The second kappa shape index (κ2) is 10.7. The second-order valence-electron chi connectivity index (χ2n) is 5.95. The van der Waals surface area contributed by atoms with Crippen LogP contribution in [0.2, 0.25) is 0 Å². The van der Waals surface area contributed by atoms with Gasteiger partial charge in [-0.15, -0.1) is 12.4 Å². The maximum absolute atomic E-state index is 12.7. The predicted molar refractivity (Wildman–Crippen MR) is 108 cm³/mol. The van der Waals surface area contributed by atoms with Gasteiger partial charge >= 0.3 is 0 Å². The fraction of sp³-hybridized carbons (Fsp3) is 0.500. The van der Waals surface area contributed by atoms with Gasteiger partial charge in [0.1, 0.15) is 5.75 Å². The molecule has 9 heteroatoms. The zero-order chi connectivity index (χ0) is 19.2. The van der Waals surface area contributed by atoms with Crippen molar-refractivity contribution >= 4 is 28.3 Å². The molecule has 0 saturated carbocycles. The van der Waals surface area contributed by atoms with Crippen molar-refractivity contribution in [3.05, 3.63) is 35.4 Å². The quantitative estimate of drug-likeness (QED) is 0.630. The summed E-state index contributed by atoms with van der Waals surface area (Å²) in [5, 5.41) is 6.07.